The van der Waals surface area contributed by atoms with E-state index in [0.717, 1.165) is 28.1 Å². The van der Waals surface area contributed by atoms with Crippen LogP contribution in [0.3, 0.4) is 0 Å². The van der Waals surface area contributed by atoms with E-state index in [1.54, 1.807) is 19.2 Å². The molecule has 118 valence electrons. The van der Waals surface area contributed by atoms with E-state index in [0.29, 0.717) is 15.2 Å². The molecule has 0 aliphatic heterocycles. The maximum absolute atomic E-state index is 9.47. The van der Waals surface area contributed by atoms with E-state index in [9.17, 15) is 5.26 Å². The highest BCUT2D eigenvalue weighted by Gasteiger charge is 2.10. The summed E-state index contributed by atoms with van der Waals surface area (Å²) in [7, 11) is 1.63. The van der Waals surface area contributed by atoms with Crippen LogP contribution in [-0.4, -0.2) is 12.1 Å². The largest absolute Gasteiger partial charge is 0.497 e. The molecule has 0 atom stereocenters. The van der Waals surface area contributed by atoms with Crippen molar-refractivity contribution in [2.45, 2.75) is 0 Å². The Morgan fingerprint density at radius 1 is 1.04 bits per heavy atom. The topological polar surface area (TPSA) is 48.8 Å². The minimum Gasteiger partial charge on any atom is -0.497 e. The van der Waals surface area contributed by atoms with Gasteiger partial charge in [-0.05, 0) is 53.6 Å². The third-order valence-electron chi connectivity index (χ3n) is 3.70. The first-order valence-corrected chi connectivity index (χ1v) is 7.99. The normalized spacial score (nSPS) is 10.2. The van der Waals surface area contributed by atoms with Gasteiger partial charge in [-0.25, -0.2) is 0 Å². The molecule has 0 saturated carbocycles. The number of nitrogens with zero attached hydrogens (tertiary/aromatic N) is 1. The molecular formula is C19H13ClN2OS. The van der Waals surface area contributed by atoms with Crippen molar-refractivity contribution in [3.8, 4) is 34.2 Å². The number of benzene rings is 2. The van der Waals surface area contributed by atoms with Crippen molar-refractivity contribution < 1.29 is 4.74 Å². The maximum atomic E-state index is 9.47. The number of ether oxygens (including phenoxy) is 1. The standard InChI is InChI=1S/C19H13ClN2OS/c1-23-15-8-4-13(5-9-15)18-10-16(17(11-21)19(24)22-18)12-2-6-14(20)7-3-12/h2-10H,1H3,(H,22,24). The van der Waals surface area contributed by atoms with Crippen molar-refractivity contribution in [2.75, 3.05) is 7.11 Å². The van der Waals surface area contributed by atoms with Gasteiger partial charge in [-0.2, -0.15) is 5.26 Å². The third kappa shape index (κ3) is 3.18. The Kier molecular flexibility index (Phi) is 4.66. The summed E-state index contributed by atoms with van der Waals surface area (Å²) in [4.78, 5) is 3.13. The number of methoxy groups -OCH3 is 1. The number of hydrogen-bond acceptors (Lipinski definition) is 3. The number of nitrogens with one attached hydrogen (secondary N) is 1. The van der Waals surface area contributed by atoms with E-state index < -0.39 is 0 Å². The lowest BCUT2D eigenvalue weighted by Crippen LogP contribution is -1.93. The number of halogens is 1. The summed E-state index contributed by atoms with van der Waals surface area (Å²) in [5.74, 6) is 0.781. The van der Waals surface area contributed by atoms with Crippen LogP contribution in [-0.2, 0) is 0 Å². The van der Waals surface area contributed by atoms with Crippen molar-refractivity contribution in [3.63, 3.8) is 0 Å². The van der Waals surface area contributed by atoms with Crippen LogP contribution in [0.4, 0.5) is 0 Å². The van der Waals surface area contributed by atoms with Gasteiger partial charge in [0, 0.05) is 16.3 Å². The molecule has 3 aromatic rings. The number of nitriles is 1. The molecule has 1 N–H and O–H groups in total. The van der Waals surface area contributed by atoms with Crippen LogP contribution in [0.5, 0.6) is 5.75 Å². The van der Waals surface area contributed by atoms with Crippen LogP contribution >= 0.6 is 23.8 Å². The van der Waals surface area contributed by atoms with Crippen molar-refractivity contribution in [2.24, 2.45) is 0 Å². The fourth-order valence-corrected chi connectivity index (χ4v) is 2.85. The first-order valence-electron chi connectivity index (χ1n) is 7.20. The highest BCUT2D eigenvalue weighted by Crippen LogP contribution is 2.30. The van der Waals surface area contributed by atoms with Crippen molar-refractivity contribution in [3.05, 3.63) is 69.8 Å². The Hall–Kier alpha value is -2.61. The van der Waals surface area contributed by atoms with Crippen LogP contribution in [0.15, 0.2) is 54.6 Å². The second-order valence-electron chi connectivity index (χ2n) is 5.15. The molecule has 0 fully saturated rings. The number of H-pyrrole nitrogens is 1. The van der Waals surface area contributed by atoms with Crippen LogP contribution in [0.25, 0.3) is 22.4 Å². The molecule has 0 unspecified atom stereocenters. The van der Waals surface area contributed by atoms with E-state index in [-0.39, 0.29) is 0 Å². The van der Waals surface area contributed by atoms with E-state index in [1.807, 2.05) is 42.5 Å². The maximum Gasteiger partial charge on any atom is 0.122 e. The predicted octanol–water partition coefficient (Wildman–Crippen LogP) is 5.61. The lowest BCUT2D eigenvalue weighted by Gasteiger charge is -2.10. The van der Waals surface area contributed by atoms with Gasteiger partial charge in [0.15, 0.2) is 0 Å². The first kappa shape index (κ1) is 16.3. The van der Waals surface area contributed by atoms with E-state index in [2.05, 4.69) is 11.1 Å². The molecule has 3 nitrogen and oxygen atoms in total. The Bertz CT molecular complexity index is 970. The molecule has 0 aliphatic carbocycles. The van der Waals surface area contributed by atoms with Crippen molar-refractivity contribution in [1.82, 2.24) is 4.98 Å². The SMILES string of the molecule is COc1ccc(-c2cc(-c3ccc(Cl)cc3)c(C#N)c(=S)[nH]2)cc1. The molecule has 5 heteroatoms. The summed E-state index contributed by atoms with van der Waals surface area (Å²) in [5.41, 5.74) is 3.92. The summed E-state index contributed by atoms with van der Waals surface area (Å²) < 4.78 is 5.60. The van der Waals surface area contributed by atoms with E-state index in [4.69, 9.17) is 28.6 Å². The molecule has 0 aliphatic rings. The summed E-state index contributed by atoms with van der Waals surface area (Å²) in [5, 5.41) is 10.1. The van der Waals surface area contributed by atoms with Gasteiger partial charge in [0.25, 0.3) is 0 Å². The van der Waals surface area contributed by atoms with Gasteiger partial charge < -0.3 is 9.72 Å². The summed E-state index contributed by atoms with van der Waals surface area (Å²) in [6, 6.07) is 19.1. The minimum absolute atomic E-state index is 0.413. The Balaban J connectivity index is 2.17. The molecule has 2 aromatic carbocycles. The molecule has 1 heterocycles. The lowest BCUT2D eigenvalue weighted by molar-refractivity contribution is 0.415. The highest BCUT2D eigenvalue weighted by atomic mass is 35.5. The van der Waals surface area contributed by atoms with Crippen molar-refractivity contribution >= 4 is 23.8 Å². The molecule has 3 rings (SSSR count). The second kappa shape index (κ2) is 6.88. The van der Waals surface area contributed by atoms with Gasteiger partial charge in [-0.1, -0.05) is 36.0 Å². The smallest absolute Gasteiger partial charge is 0.122 e. The summed E-state index contributed by atoms with van der Waals surface area (Å²) in [6.45, 7) is 0. The zero-order valence-electron chi connectivity index (χ0n) is 12.8. The molecule has 0 bridgehead atoms. The van der Waals surface area contributed by atoms with Crippen LogP contribution in [0.2, 0.25) is 5.02 Å². The number of aromatic amines is 1. The average molecular weight is 353 g/mol. The molecular weight excluding hydrogens is 340 g/mol. The number of aromatic nitrogens is 1. The summed E-state index contributed by atoms with van der Waals surface area (Å²) >= 11 is 11.3. The fourth-order valence-electron chi connectivity index (χ4n) is 2.45. The van der Waals surface area contributed by atoms with E-state index >= 15 is 0 Å². The van der Waals surface area contributed by atoms with E-state index in [1.165, 1.54) is 0 Å². The van der Waals surface area contributed by atoms with Crippen LogP contribution < -0.4 is 4.74 Å². The van der Waals surface area contributed by atoms with Gasteiger partial charge in [0.2, 0.25) is 0 Å². The lowest BCUT2D eigenvalue weighted by atomic mass is 9.99. The van der Waals surface area contributed by atoms with Gasteiger partial charge in [-0.3, -0.25) is 0 Å². The minimum atomic E-state index is 0.413. The number of hydrogen-bond donors (Lipinski definition) is 1. The Morgan fingerprint density at radius 3 is 2.25 bits per heavy atom. The summed E-state index contributed by atoms with van der Waals surface area (Å²) in [6.07, 6.45) is 0. The predicted molar refractivity (Wildman–Crippen MR) is 98.8 cm³/mol. The van der Waals surface area contributed by atoms with Crippen LogP contribution in [0, 0.1) is 16.0 Å². The quantitative estimate of drug-likeness (QED) is 0.623. The number of pyridine rings is 1. The molecule has 24 heavy (non-hydrogen) atoms. The van der Waals surface area contributed by atoms with Gasteiger partial charge in [0.1, 0.15) is 16.5 Å². The molecule has 0 amide bonds. The molecule has 0 spiro atoms. The first-order chi connectivity index (χ1) is 11.6. The Morgan fingerprint density at radius 2 is 1.67 bits per heavy atom. The Labute approximate surface area is 150 Å². The fraction of sp³-hybridized carbons (Fsp3) is 0.0526. The molecule has 0 radical (unpaired) electrons. The van der Waals surface area contributed by atoms with Crippen LogP contribution in [0.1, 0.15) is 5.56 Å². The molecule has 0 saturated heterocycles. The van der Waals surface area contributed by atoms with Gasteiger partial charge in [0.05, 0.1) is 12.7 Å². The molecule has 1 aromatic heterocycles. The number of rotatable bonds is 3. The third-order valence-corrected chi connectivity index (χ3v) is 4.26. The monoisotopic (exact) mass is 352 g/mol. The van der Waals surface area contributed by atoms with Crippen molar-refractivity contribution in [1.29, 1.82) is 5.26 Å². The highest BCUT2D eigenvalue weighted by molar-refractivity contribution is 7.71. The van der Waals surface area contributed by atoms with Gasteiger partial charge >= 0.3 is 0 Å². The second-order valence-corrected chi connectivity index (χ2v) is 5.99. The zero-order chi connectivity index (χ0) is 17.1. The average Bonchev–Trinajstić information content (AvgIpc) is 2.62. The van der Waals surface area contributed by atoms with Gasteiger partial charge in [-0.15, -0.1) is 0 Å². The zero-order valence-corrected chi connectivity index (χ0v) is 14.4.